The Labute approximate surface area is 115 Å². The van der Waals surface area contributed by atoms with Crippen molar-refractivity contribution in [3.8, 4) is 0 Å². The lowest BCUT2D eigenvalue weighted by Crippen LogP contribution is -2.51. The van der Waals surface area contributed by atoms with Crippen LogP contribution < -0.4 is 10.5 Å². The first-order chi connectivity index (χ1) is 8.46. The van der Waals surface area contributed by atoms with Crippen molar-refractivity contribution in [1.82, 2.24) is 9.03 Å². The van der Waals surface area contributed by atoms with Crippen LogP contribution in [0.5, 0.6) is 0 Å². The predicted octanol–water partition coefficient (Wildman–Crippen LogP) is 0.771. The molecular formula is C9H16F3N3O2S2. The van der Waals surface area contributed by atoms with Gasteiger partial charge in [0, 0.05) is 18.5 Å². The number of rotatable bonds is 4. The molecule has 0 atom stereocenters. The summed E-state index contributed by atoms with van der Waals surface area (Å²) in [5.41, 5.74) is 5.13. The summed E-state index contributed by atoms with van der Waals surface area (Å²) >= 11 is 4.91. The number of halogens is 3. The number of thiocarbonyl (C=S) groups is 1. The number of nitrogens with two attached hydrogens (primary N) is 1. The zero-order chi connectivity index (χ0) is 14.9. The lowest BCUT2D eigenvalue weighted by atomic mass is 9.81. The van der Waals surface area contributed by atoms with E-state index in [4.69, 9.17) is 18.0 Å². The molecule has 0 amide bonds. The fourth-order valence-electron chi connectivity index (χ4n) is 1.73. The van der Waals surface area contributed by atoms with Crippen molar-refractivity contribution in [2.24, 2.45) is 11.1 Å². The predicted molar refractivity (Wildman–Crippen MR) is 68.7 cm³/mol. The molecule has 5 nitrogen and oxygen atoms in total. The van der Waals surface area contributed by atoms with Gasteiger partial charge >= 0.3 is 6.18 Å². The zero-order valence-corrected chi connectivity index (χ0v) is 12.0. The molecule has 0 aromatic carbocycles. The van der Waals surface area contributed by atoms with Crippen LogP contribution in [0.3, 0.4) is 0 Å². The van der Waals surface area contributed by atoms with E-state index in [2.05, 4.69) is 0 Å². The molecule has 0 radical (unpaired) electrons. The number of nitrogens with zero attached hydrogens (tertiary/aromatic N) is 1. The van der Waals surface area contributed by atoms with E-state index in [1.165, 1.54) is 4.72 Å². The molecule has 1 rings (SSSR count). The van der Waals surface area contributed by atoms with Crippen LogP contribution >= 0.6 is 12.2 Å². The van der Waals surface area contributed by atoms with Crippen LogP contribution in [-0.2, 0) is 10.2 Å². The van der Waals surface area contributed by atoms with Gasteiger partial charge in [-0.25, -0.2) is 0 Å². The maximum Gasteiger partial charge on any atom is 0.402 e. The van der Waals surface area contributed by atoms with Crippen molar-refractivity contribution in [3.63, 3.8) is 0 Å². The Bertz CT molecular complexity index is 442. The molecule has 3 N–H and O–H groups in total. The van der Waals surface area contributed by atoms with Gasteiger partial charge in [-0.05, 0) is 12.8 Å². The van der Waals surface area contributed by atoms with Crippen molar-refractivity contribution in [2.75, 3.05) is 19.6 Å². The molecule has 0 saturated carbocycles. The van der Waals surface area contributed by atoms with Crippen molar-refractivity contribution in [2.45, 2.75) is 25.9 Å². The molecular weight excluding hydrogens is 303 g/mol. The summed E-state index contributed by atoms with van der Waals surface area (Å²) in [5, 5.41) is 0. The van der Waals surface area contributed by atoms with Gasteiger partial charge in [-0.15, -0.1) is 0 Å². The second-order valence-electron chi connectivity index (χ2n) is 4.77. The lowest BCUT2D eigenvalue weighted by Gasteiger charge is -2.37. The normalized spacial score (nSPS) is 21.3. The van der Waals surface area contributed by atoms with E-state index in [1.807, 2.05) is 6.92 Å². The Hall–Kier alpha value is -0.450. The van der Waals surface area contributed by atoms with Crippen LogP contribution in [0.4, 0.5) is 13.2 Å². The lowest BCUT2D eigenvalue weighted by molar-refractivity contribution is -0.121. The van der Waals surface area contributed by atoms with E-state index in [9.17, 15) is 21.6 Å². The number of alkyl halides is 3. The van der Waals surface area contributed by atoms with Crippen molar-refractivity contribution >= 4 is 27.4 Å². The molecule has 0 aromatic heterocycles. The van der Waals surface area contributed by atoms with Crippen LogP contribution in [0, 0.1) is 5.41 Å². The molecule has 10 heteroatoms. The van der Waals surface area contributed by atoms with Gasteiger partial charge < -0.3 is 5.73 Å². The quantitative estimate of drug-likeness (QED) is 0.751. The van der Waals surface area contributed by atoms with Crippen LogP contribution in [0.15, 0.2) is 0 Å². The fourth-order valence-corrected chi connectivity index (χ4v) is 3.13. The van der Waals surface area contributed by atoms with E-state index in [-0.39, 0.29) is 13.1 Å². The molecule has 1 aliphatic heterocycles. The molecule has 19 heavy (non-hydrogen) atoms. The largest absolute Gasteiger partial charge is 0.402 e. The second kappa shape index (κ2) is 5.51. The van der Waals surface area contributed by atoms with Gasteiger partial charge in [-0.3, -0.25) is 0 Å². The maximum absolute atomic E-state index is 12.0. The molecule has 0 spiro atoms. The number of hydrogen-bond donors (Lipinski definition) is 2. The van der Waals surface area contributed by atoms with Crippen molar-refractivity contribution in [3.05, 3.63) is 0 Å². The Morgan fingerprint density at radius 2 is 1.89 bits per heavy atom. The summed E-state index contributed by atoms with van der Waals surface area (Å²) in [4.78, 5) is 0.299. The standard InChI is InChI=1S/C9H16F3N3O2S2/c1-8(7(13)18)2-4-15(5-3-8)19(16,17)14-6-9(10,11)12/h14H,2-6H2,1H3,(H2,13,18). The van der Waals surface area contributed by atoms with Gasteiger partial charge in [0.15, 0.2) is 0 Å². The summed E-state index contributed by atoms with van der Waals surface area (Å²) in [6.07, 6.45) is -3.78. The third-order valence-corrected chi connectivity index (χ3v) is 5.26. The van der Waals surface area contributed by atoms with E-state index in [1.54, 1.807) is 0 Å². The second-order valence-corrected chi connectivity index (χ2v) is 6.96. The minimum absolute atomic E-state index is 0.0982. The minimum Gasteiger partial charge on any atom is -0.393 e. The molecule has 0 aliphatic carbocycles. The summed E-state index contributed by atoms with van der Waals surface area (Å²) < 4.78 is 61.9. The fraction of sp³-hybridized carbons (Fsp3) is 0.889. The van der Waals surface area contributed by atoms with Gasteiger partial charge in [0.2, 0.25) is 0 Å². The van der Waals surface area contributed by atoms with Gasteiger partial charge in [0.05, 0.1) is 4.99 Å². The van der Waals surface area contributed by atoms with Crippen molar-refractivity contribution in [1.29, 1.82) is 0 Å². The van der Waals surface area contributed by atoms with Crippen LogP contribution in [0.1, 0.15) is 19.8 Å². The maximum atomic E-state index is 12.0. The first-order valence-corrected chi connectivity index (χ1v) is 7.42. The number of nitrogens with one attached hydrogen (secondary N) is 1. The molecule has 1 heterocycles. The zero-order valence-electron chi connectivity index (χ0n) is 10.3. The number of piperidine rings is 1. The van der Waals surface area contributed by atoms with E-state index >= 15 is 0 Å². The van der Waals surface area contributed by atoms with Crippen LogP contribution in [-0.4, -0.2) is 43.5 Å². The van der Waals surface area contributed by atoms with E-state index in [0.29, 0.717) is 17.8 Å². The highest BCUT2D eigenvalue weighted by molar-refractivity contribution is 7.87. The minimum atomic E-state index is -4.57. The monoisotopic (exact) mass is 319 g/mol. The molecule has 1 fully saturated rings. The SMILES string of the molecule is CC1(C(N)=S)CCN(S(=O)(=O)NCC(F)(F)F)CC1. The highest BCUT2D eigenvalue weighted by Gasteiger charge is 2.38. The highest BCUT2D eigenvalue weighted by atomic mass is 32.2. The summed E-state index contributed by atoms with van der Waals surface area (Å²) in [6.45, 7) is 0.447. The Morgan fingerprint density at radius 3 is 2.26 bits per heavy atom. The molecule has 1 saturated heterocycles. The summed E-state index contributed by atoms with van der Waals surface area (Å²) in [5.74, 6) is 0. The Balaban J connectivity index is 2.62. The van der Waals surface area contributed by atoms with E-state index in [0.717, 1.165) is 4.31 Å². The van der Waals surface area contributed by atoms with Gasteiger partial charge in [-0.2, -0.15) is 30.6 Å². The van der Waals surface area contributed by atoms with Crippen LogP contribution in [0.25, 0.3) is 0 Å². The number of hydrogen-bond acceptors (Lipinski definition) is 3. The summed E-state index contributed by atoms with van der Waals surface area (Å²) in [6, 6.07) is 0. The van der Waals surface area contributed by atoms with Gasteiger partial charge in [0.1, 0.15) is 6.54 Å². The summed E-state index contributed by atoms with van der Waals surface area (Å²) in [7, 11) is -4.11. The van der Waals surface area contributed by atoms with E-state index < -0.39 is 28.3 Å². The van der Waals surface area contributed by atoms with Gasteiger partial charge in [0.25, 0.3) is 10.2 Å². The van der Waals surface area contributed by atoms with Crippen LogP contribution in [0.2, 0.25) is 0 Å². The first-order valence-electron chi connectivity index (χ1n) is 5.58. The first kappa shape index (κ1) is 16.6. The molecule has 1 aliphatic rings. The topological polar surface area (TPSA) is 75.4 Å². The average molecular weight is 319 g/mol. The Morgan fingerprint density at radius 1 is 1.42 bits per heavy atom. The smallest absolute Gasteiger partial charge is 0.393 e. The third kappa shape index (κ3) is 4.55. The average Bonchev–Trinajstić information content (AvgIpc) is 2.26. The van der Waals surface area contributed by atoms with Gasteiger partial charge in [-0.1, -0.05) is 19.1 Å². The third-order valence-electron chi connectivity index (χ3n) is 3.22. The molecule has 0 bridgehead atoms. The Kier molecular flexibility index (Phi) is 4.81. The molecule has 112 valence electrons. The molecule has 0 aromatic rings. The highest BCUT2D eigenvalue weighted by Crippen LogP contribution is 2.32. The molecule has 0 unspecified atom stereocenters. The van der Waals surface area contributed by atoms with Crippen molar-refractivity contribution < 1.29 is 21.6 Å².